The van der Waals surface area contributed by atoms with Gasteiger partial charge in [-0.3, -0.25) is 4.57 Å². The van der Waals surface area contributed by atoms with E-state index in [4.69, 9.17) is 9.72 Å². The number of nitrogens with zero attached hydrogens (tertiary/aromatic N) is 4. The fourth-order valence-electron chi connectivity index (χ4n) is 8.06. The van der Waals surface area contributed by atoms with Gasteiger partial charge in [-0.05, 0) is 71.8 Å². The van der Waals surface area contributed by atoms with Crippen molar-refractivity contribution in [1.29, 1.82) is 0 Å². The number of benzene rings is 3. The zero-order chi connectivity index (χ0) is 33.1. The molecule has 246 valence electrons. The summed E-state index contributed by atoms with van der Waals surface area (Å²) in [5.74, 6) is 3.42. The average Bonchev–Trinajstić information content (AvgIpc) is 3.78. The van der Waals surface area contributed by atoms with Gasteiger partial charge in [0.15, 0.2) is 5.13 Å². The normalized spacial score (nSPS) is 20.7. The van der Waals surface area contributed by atoms with Crippen molar-refractivity contribution in [2.75, 3.05) is 11.6 Å². The van der Waals surface area contributed by atoms with Crippen LogP contribution in [-0.2, 0) is 0 Å². The lowest BCUT2D eigenvalue weighted by molar-refractivity contribution is -0.0117. The van der Waals surface area contributed by atoms with Gasteiger partial charge >= 0.3 is 0 Å². The number of para-hydroxylation sites is 1. The highest BCUT2D eigenvalue weighted by atomic mass is 32.1. The van der Waals surface area contributed by atoms with Crippen LogP contribution in [0.3, 0.4) is 0 Å². The molecule has 0 radical (unpaired) electrons. The van der Waals surface area contributed by atoms with E-state index >= 15 is 0 Å². The molecular formula is C41H50N4OS. The van der Waals surface area contributed by atoms with E-state index in [2.05, 4.69) is 149 Å². The van der Waals surface area contributed by atoms with Gasteiger partial charge in [-0.2, -0.15) is 0 Å². The van der Waals surface area contributed by atoms with Crippen LogP contribution in [0.2, 0.25) is 0 Å². The maximum Gasteiger partial charge on any atom is 0.194 e. The highest BCUT2D eigenvalue weighted by molar-refractivity contribution is 7.14. The lowest BCUT2D eigenvalue weighted by atomic mass is 9.60. The van der Waals surface area contributed by atoms with Gasteiger partial charge in [0, 0.05) is 58.1 Å². The third kappa shape index (κ3) is 6.06. The van der Waals surface area contributed by atoms with Crippen molar-refractivity contribution in [1.82, 2.24) is 14.5 Å². The second kappa shape index (κ2) is 12.0. The molecule has 1 saturated carbocycles. The molecule has 7 rings (SSSR count). The van der Waals surface area contributed by atoms with E-state index in [9.17, 15) is 0 Å². The summed E-state index contributed by atoms with van der Waals surface area (Å²) in [4.78, 5) is 11.1. The Morgan fingerprint density at radius 2 is 1.49 bits per heavy atom. The zero-order valence-electron chi connectivity index (χ0n) is 29.3. The Hall–Kier alpha value is -3.77. The number of ether oxygens (including phenoxy) is 1. The van der Waals surface area contributed by atoms with Gasteiger partial charge in [0.05, 0.1) is 17.7 Å². The fraction of sp³-hybridized carbons (Fsp3) is 0.439. The molecule has 1 aliphatic heterocycles. The number of fused-ring (bicyclic) bond motifs is 3. The van der Waals surface area contributed by atoms with E-state index in [-0.39, 0.29) is 10.8 Å². The number of hydrogen-bond acceptors (Lipinski definition) is 5. The third-order valence-corrected chi connectivity index (χ3v) is 11.8. The highest BCUT2D eigenvalue weighted by Crippen LogP contribution is 2.49. The molecule has 5 nitrogen and oxygen atoms in total. The SMILES string of the molecule is CC(C)c1cnc(-n2c3ccccc3c3ccc(Oc4cccc(N5C=CN(C6C(C(C)(C)C)CCCC6C(C)(C)C)C5)c4)cc32)s1. The number of rotatable bonds is 6. The highest BCUT2D eigenvalue weighted by Gasteiger charge is 2.46. The molecule has 2 aromatic heterocycles. The van der Waals surface area contributed by atoms with E-state index in [0.29, 0.717) is 23.8 Å². The van der Waals surface area contributed by atoms with Crippen molar-refractivity contribution in [2.24, 2.45) is 22.7 Å². The van der Waals surface area contributed by atoms with Crippen molar-refractivity contribution in [2.45, 2.75) is 86.6 Å². The molecule has 0 amide bonds. The Balaban J connectivity index is 1.16. The number of anilines is 1. The van der Waals surface area contributed by atoms with Gasteiger partial charge < -0.3 is 14.5 Å². The van der Waals surface area contributed by atoms with Crippen molar-refractivity contribution in [3.63, 3.8) is 0 Å². The molecule has 0 saturated heterocycles. The van der Waals surface area contributed by atoms with Crippen LogP contribution >= 0.6 is 11.3 Å². The maximum atomic E-state index is 6.59. The molecule has 2 unspecified atom stereocenters. The lowest BCUT2D eigenvalue weighted by Gasteiger charge is -2.52. The molecule has 2 atom stereocenters. The molecule has 47 heavy (non-hydrogen) atoms. The summed E-state index contributed by atoms with van der Waals surface area (Å²) < 4.78 is 8.88. The van der Waals surface area contributed by atoms with Gasteiger partial charge in [-0.15, -0.1) is 11.3 Å². The molecule has 6 heteroatoms. The summed E-state index contributed by atoms with van der Waals surface area (Å²) in [6, 6.07) is 24.1. The van der Waals surface area contributed by atoms with E-state index in [1.54, 1.807) is 11.3 Å². The van der Waals surface area contributed by atoms with Gasteiger partial charge in [-0.1, -0.05) is 86.1 Å². The Morgan fingerprint density at radius 1 is 0.787 bits per heavy atom. The minimum Gasteiger partial charge on any atom is -0.457 e. The Labute approximate surface area is 284 Å². The van der Waals surface area contributed by atoms with Crippen molar-refractivity contribution < 1.29 is 4.74 Å². The number of thiazole rings is 1. The van der Waals surface area contributed by atoms with Gasteiger partial charge in [0.1, 0.15) is 11.5 Å². The summed E-state index contributed by atoms with van der Waals surface area (Å²) in [6.45, 7) is 19.9. The molecule has 5 aromatic rings. The first kappa shape index (κ1) is 31.8. The fourth-order valence-corrected chi connectivity index (χ4v) is 9.00. The lowest BCUT2D eigenvalue weighted by Crippen LogP contribution is -2.53. The summed E-state index contributed by atoms with van der Waals surface area (Å²) in [5.41, 5.74) is 3.96. The Morgan fingerprint density at radius 3 is 2.19 bits per heavy atom. The number of hydrogen-bond donors (Lipinski definition) is 0. The largest absolute Gasteiger partial charge is 0.457 e. The average molecular weight is 647 g/mol. The van der Waals surface area contributed by atoms with E-state index in [0.717, 1.165) is 40.0 Å². The first-order chi connectivity index (χ1) is 22.4. The second-order valence-electron chi connectivity index (χ2n) is 16.1. The molecule has 3 heterocycles. The monoisotopic (exact) mass is 646 g/mol. The van der Waals surface area contributed by atoms with E-state index in [1.165, 1.54) is 34.9 Å². The quantitative estimate of drug-likeness (QED) is 0.184. The van der Waals surface area contributed by atoms with E-state index in [1.807, 2.05) is 6.20 Å². The minimum atomic E-state index is 0.271. The Bertz CT molecular complexity index is 1900. The van der Waals surface area contributed by atoms with Crippen LogP contribution in [-0.4, -0.2) is 27.2 Å². The van der Waals surface area contributed by atoms with Crippen LogP contribution in [0.1, 0.15) is 85.4 Å². The minimum absolute atomic E-state index is 0.271. The first-order valence-corrected chi connectivity index (χ1v) is 18.2. The Kier molecular flexibility index (Phi) is 8.15. The van der Waals surface area contributed by atoms with Crippen LogP contribution in [0, 0.1) is 22.7 Å². The molecule has 1 fully saturated rings. The predicted molar refractivity (Wildman–Crippen MR) is 199 cm³/mol. The molecule has 0 N–H and O–H groups in total. The van der Waals surface area contributed by atoms with Gasteiger partial charge in [-0.25, -0.2) is 4.98 Å². The summed E-state index contributed by atoms with van der Waals surface area (Å²) in [6.07, 6.45) is 10.6. The van der Waals surface area contributed by atoms with Crippen LogP contribution < -0.4 is 9.64 Å². The van der Waals surface area contributed by atoms with Crippen LogP contribution in [0.25, 0.3) is 26.9 Å². The smallest absolute Gasteiger partial charge is 0.194 e. The molecule has 0 bridgehead atoms. The topological polar surface area (TPSA) is 33.5 Å². The molecule has 2 aliphatic rings. The van der Waals surface area contributed by atoms with Crippen molar-refractivity contribution in [3.05, 3.63) is 90.2 Å². The molecule has 1 aliphatic carbocycles. The van der Waals surface area contributed by atoms with Crippen LogP contribution in [0.5, 0.6) is 11.5 Å². The van der Waals surface area contributed by atoms with E-state index < -0.39 is 0 Å². The van der Waals surface area contributed by atoms with Crippen LogP contribution in [0.4, 0.5) is 5.69 Å². The van der Waals surface area contributed by atoms with Crippen molar-refractivity contribution >= 4 is 38.8 Å². The van der Waals surface area contributed by atoms with Crippen molar-refractivity contribution in [3.8, 4) is 16.6 Å². The molecular weight excluding hydrogens is 597 g/mol. The standard InChI is InChI=1S/C41H50N4OS/c1-27(2)37-25-42-39(47-37)45-35-18-10-9-15-31(35)32-20-19-30(24-36(32)45)46-29-14-11-13-28(23-29)43-21-22-44(26-43)38-33(40(3,4)5)16-12-17-34(38)41(6,7)8/h9-11,13-15,18-25,27,33-34,38H,12,16-17,26H2,1-8H3. The molecule has 0 spiro atoms. The van der Waals surface area contributed by atoms with Gasteiger partial charge in [0.25, 0.3) is 0 Å². The summed E-state index contributed by atoms with van der Waals surface area (Å²) >= 11 is 1.76. The maximum absolute atomic E-state index is 6.59. The first-order valence-electron chi connectivity index (χ1n) is 17.4. The third-order valence-electron chi connectivity index (χ3n) is 10.5. The summed E-state index contributed by atoms with van der Waals surface area (Å²) in [5, 5.41) is 3.42. The summed E-state index contributed by atoms with van der Waals surface area (Å²) in [7, 11) is 0. The second-order valence-corrected chi connectivity index (χ2v) is 17.2. The zero-order valence-corrected chi connectivity index (χ0v) is 30.1. The van der Waals surface area contributed by atoms with Crippen LogP contribution in [0.15, 0.2) is 85.3 Å². The number of aromatic nitrogens is 2. The molecule has 3 aromatic carbocycles. The predicted octanol–water partition coefficient (Wildman–Crippen LogP) is 11.6. The van der Waals surface area contributed by atoms with Gasteiger partial charge in [0.2, 0.25) is 0 Å².